The Labute approximate surface area is 171 Å². The number of alkyl halides is 3. The van der Waals surface area contributed by atoms with Crippen LogP contribution < -0.4 is 5.32 Å². The average Bonchev–Trinajstić information content (AvgIpc) is 2.81. The molecule has 0 spiro atoms. The lowest BCUT2D eigenvalue weighted by Gasteiger charge is -2.17. The van der Waals surface area contributed by atoms with Crippen LogP contribution in [0, 0.1) is 0 Å². The zero-order chi connectivity index (χ0) is 30.7. The molecule has 3 aromatic carbocycles. The molecule has 1 nitrogen and oxygen atoms in total. The molecule has 1 atom stereocenters. The molecule has 0 radical (unpaired) electrons. The van der Waals surface area contributed by atoms with Gasteiger partial charge in [-0.3, -0.25) is 0 Å². The first-order valence-electron chi connectivity index (χ1n) is 14.5. The first-order chi connectivity index (χ1) is 18.0. The molecule has 0 fully saturated rings. The van der Waals surface area contributed by atoms with Crippen molar-refractivity contribution in [2.45, 2.75) is 31.9 Å². The van der Waals surface area contributed by atoms with Crippen molar-refractivity contribution >= 4 is 10.8 Å². The summed E-state index contributed by atoms with van der Waals surface area (Å²) >= 11 is 0. The molecule has 0 heterocycles. The molecular formula is C22H22F3N. The predicted molar refractivity (Wildman–Crippen MR) is 100 cm³/mol. The van der Waals surface area contributed by atoms with E-state index >= 15 is 0 Å². The fraction of sp³-hybridized carbons (Fsp3) is 0.273. The Balaban J connectivity index is 2.20. The van der Waals surface area contributed by atoms with Crippen molar-refractivity contribution < 1.29 is 32.4 Å². The molecule has 0 aliphatic carbocycles. The lowest BCUT2D eigenvalue weighted by Crippen LogP contribution is -2.20. The van der Waals surface area contributed by atoms with Gasteiger partial charge < -0.3 is 5.32 Å². The van der Waals surface area contributed by atoms with E-state index in [0.29, 0.717) is 12.1 Å². The van der Waals surface area contributed by atoms with Gasteiger partial charge in [0.05, 0.1) is 15.2 Å². The molecule has 136 valence electrons. The van der Waals surface area contributed by atoms with Crippen molar-refractivity contribution in [2.24, 2.45) is 0 Å². The molecule has 0 aliphatic rings. The third-order valence-electron chi connectivity index (χ3n) is 3.45. The smallest absolute Gasteiger partial charge is 0.310 e. The van der Waals surface area contributed by atoms with Gasteiger partial charge >= 0.3 is 6.18 Å². The van der Waals surface area contributed by atoms with Crippen molar-refractivity contribution in [2.75, 3.05) is 6.50 Å². The number of fused-ring (bicyclic) bond motifs is 1. The zero-order valence-electron chi connectivity index (χ0n) is 27.2. The topological polar surface area (TPSA) is 12.0 Å². The predicted octanol–water partition coefficient (Wildman–Crippen LogP) is 6.14. The fourth-order valence-corrected chi connectivity index (χ4v) is 2.23. The Hall–Kier alpha value is -2.33. The highest BCUT2D eigenvalue weighted by atomic mass is 19.4. The van der Waals surface area contributed by atoms with E-state index in [1.165, 1.54) is 0 Å². The van der Waals surface area contributed by atoms with Gasteiger partial charge in [-0.25, -0.2) is 0 Å². The molecule has 0 aromatic heterocycles. The van der Waals surface area contributed by atoms with Crippen molar-refractivity contribution in [3.05, 3.63) is 83.3 Å². The minimum absolute atomic E-state index is 0.502. The number of rotatable bonds is 6. The summed E-state index contributed by atoms with van der Waals surface area (Å²) in [5, 5.41) is 0.920. The molecule has 0 aliphatic heterocycles. The monoisotopic (exact) mass is 371 g/mol. The SMILES string of the molecule is [2H]c1c([2H])c([2H])c2c([C@H](NC([2H])([2H])CC([2H])([2H])c3cccc(C(F)(F)F)c3)C([2H])([2H])[2H])c([2H])c([2H])c([2H])c2c1[2H]. The third kappa shape index (κ3) is 4.44. The normalized spacial score (nSPS) is 22.4. The number of hydrogen-bond acceptors (Lipinski definition) is 1. The molecule has 3 aromatic rings. The van der Waals surface area contributed by atoms with Gasteiger partial charge in [0.15, 0.2) is 0 Å². The van der Waals surface area contributed by atoms with Gasteiger partial charge in [0.1, 0.15) is 0 Å². The van der Waals surface area contributed by atoms with E-state index in [0.717, 1.165) is 12.1 Å². The lowest BCUT2D eigenvalue weighted by molar-refractivity contribution is -0.137. The highest BCUT2D eigenvalue weighted by molar-refractivity contribution is 5.86. The van der Waals surface area contributed by atoms with Gasteiger partial charge in [-0.1, -0.05) is 60.5 Å². The molecule has 3 rings (SSSR count). The Bertz CT molecular complexity index is 1460. The van der Waals surface area contributed by atoms with Crippen molar-refractivity contribution in [3.63, 3.8) is 0 Å². The Morgan fingerprint density at radius 1 is 1.15 bits per heavy atom. The van der Waals surface area contributed by atoms with Gasteiger partial charge in [-0.2, -0.15) is 13.2 Å². The second kappa shape index (κ2) is 7.92. The van der Waals surface area contributed by atoms with E-state index in [1.807, 2.05) is 0 Å². The molecule has 4 heteroatoms. The molecule has 0 amide bonds. The maximum Gasteiger partial charge on any atom is 0.416 e. The van der Waals surface area contributed by atoms with Gasteiger partial charge in [0.25, 0.3) is 0 Å². The van der Waals surface area contributed by atoms with E-state index in [-0.39, 0.29) is 0 Å². The van der Waals surface area contributed by atoms with Crippen LogP contribution >= 0.6 is 0 Å². The molecule has 0 saturated carbocycles. The fourth-order valence-electron chi connectivity index (χ4n) is 2.23. The second-order valence-electron chi connectivity index (χ2n) is 5.22. The lowest BCUT2D eigenvalue weighted by atomic mass is 9.99. The molecule has 0 bridgehead atoms. The maximum absolute atomic E-state index is 13.2. The van der Waals surface area contributed by atoms with Crippen LogP contribution in [0.25, 0.3) is 10.8 Å². The number of nitrogens with one attached hydrogen (secondary N) is 1. The van der Waals surface area contributed by atoms with Crippen molar-refractivity contribution in [1.29, 1.82) is 0 Å². The van der Waals surface area contributed by atoms with E-state index in [9.17, 15) is 13.2 Å². The molecule has 0 saturated heterocycles. The Kier molecular flexibility index (Phi) is 2.35. The summed E-state index contributed by atoms with van der Waals surface area (Å²) in [5.41, 5.74) is -2.45. The Morgan fingerprint density at radius 3 is 2.77 bits per heavy atom. The zero-order valence-corrected chi connectivity index (χ0v) is 13.2. The summed E-state index contributed by atoms with van der Waals surface area (Å²) in [6.07, 6.45) is -8.78. The second-order valence-corrected chi connectivity index (χ2v) is 5.22. The highest BCUT2D eigenvalue weighted by Gasteiger charge is 2.30. The summed E-state index contributed by atoms with van der Waals surface area (Å²) in [5.74, 6) is 0. The summed E-state index contributed by atoms with van der Waals surface area (Å²) in [4.78, 5) is 0. The Morgan fingerprint density at radius 2 is 1.96 bits per heavy atom. The molecule has 0 unspecified atom stereocenters. The minimum Gasteiger partial charge on any atom is -0.310 e. The minimum atomic E-state index is -4.81. The summed E-state index contributed by atoms with van der Waals surface area (Å²) < 4.78 is 154. The van der Waals surface area contributed by atoms with Gasteiger partial charge in [0, 0.05) is 15.6 Å². The average molecular weight is 372 g/mol. The van der Waals surface area contributed by atoms with Crippen LogP contribution in [0.1, 0.15) is 55.2 Å². The van der Waals surface area contributed by atoms with Crippen LogP contribution in [0.3, 0.4) is 0 Å². The van der Waals surface area contributed by atoms with Crippen molar-refractivity contribution in [3.8, 4) is 0 Å². The van der Waals surface area contributed by atoms with Crippen LogP contribution in [0.5, 0.6) is 0 Å². The van der Waals surface area contributed by atoms with Crippen LogP contribution in [0.15, 0.2) is 66.6 Å². The van der Waals surface area contributed by atoms with E-state index in [2.05, 4.69) is 5.32 Å². The van der Waals surface area contributed by atoms with Crippen LogP contribution in [-0.2, 0) is 12.5 Å². The van der Waals surface area contributed by atoms with Crippen molar-refractivity contribution in [1.82, 2.24) is 5.32 Å². The summed E-state index contributed by atoms with van der Waals surface area (Å²) in [6.45, 7) is -6.23. The van der Waals surface area contributed by atoms with E-state index in [4.69, 9.17) is 19.2 Å². The van der Waals surface area contributed by atoms with Crippen LogP contribution in [-0.4, -0.2) is 6.50 Å². The van der Waals surface area contributed by atoms with Crippen LogP contribution in [0.4, 0.5) is 13.2 Å². The quantitative estimate of drug-likeness (QED) is 0.548. The van der Waals surface area contributed by atoms with E-state index in [1.54, 1.807) is 0 Å². The first-order valence-corrected chi connectivity index (χ1v) is 7.46. The van der Waals surface area contributed by atoms with Gasteiger partial charge in [-0.05, 0) is 54.1 Å². The summed E-state index contributed by atoms with van der Waals surface area (Å²) in [6, 6.07) is -4.89. The standard InChI is InChI=1S/C22H22F3N/c1-16(20-13-5-10-18-9-2-3-12-21(18)20)26-14-6-8-17-7-4-11-19(15-17)22(23,24)25/h2-5,7,9-13,15-16,26H,6,8,14H2,1H3/t16-/m1/s1/i1D3,2D,3D,5D,8D2,9D,10D,12D,13D,14D2. The van der Waals surface area contributed by atoms with Crippen LogP contribution in [0.2, 0.25) is 0 Å². The molecule has 1 N–H and O–H groups in total. The maximum atomic E-state index is 13.2. The largest absolute Gasteiger partial charge is 0.416 e. The third-order valence-corrected chi connectivity index (χ3v) is 3.45. The summed E-state index contributed by atoms with van der Waals surface area (Å²) in [7, 11) is 0. The van der Waals surface area contributed by atoms with Gasteiger partial charge in [-0.15, -0.1) is 0 Å². The van der Waals surface area contributed by atoms with Gasteiger partial charge in [0.2, 0.25) is 0 Å². The number of benzene rings is 3. The molecular weight excluding hydrogens is 335 g/mol. The van der Waals surface area contributed by atoms with E-state index < -0.39 is 108 Å². The number of aryl methyl sites for hydroxylation is 1. The number of hydrogen-bond donors (Lipinski definition) is 1. The first kappa shape index (κ1) is 7.73. The highest BCUT2D eigenvalue weighted by Crippen LogP contribution is 2.29. The number of halogens is 3. The molecule has 26 heavy (non-hydrogen) atoms.